The average molecular weight is 1160 g/mol. The van der Waals surface area contributed by atoms with Crippen molar-refractivity contribution in [3.63, 3.8) is 0 Å². The number of aliphatic hydroxyl groups excluding tert-OH is 1. The fourth-order valence-corrected chi connectivity index (χ4v) is 15.8. The number of β-amino-alcohol motifs (C(OH)–C–C–N with tert-alkyl or cyclic N) is 1. The summed E-state index contributed by atoms with van der Waals surface area (Å²) in [7, 11) is 0. The molecule has 1 spiro atoms. The lowest BCUT2D eigenvalue weighted by molar-refractivity contribution is -0.141. The van der Waals surface area contributed by atoms with E-state index >= 15 is 0 Å². The molecular weight excluding hydrogens is 1080 g/mol. The highest BCUT2D eigenvalue weighted by Crippen LogP contribution is 2.53. The second-order valence-corrected chi connectivity index (χ2v) is 26.5. The monoisotopic (exact) mass is 1160 g/mol. The Morgan fingerprint density at radius 1 is 0.857 bits per heavy atom. The molecule has 6 aromatic rings. The van der Waals surface area contributed by atoms with E-state index in [2.05, 4.69) is 62.4 Å². The fraction of sp³-hybridized carbons (Fsp3) is 0.547. The van der Waals surface area contributed by atoms with Gasteiger partial charge in [0.25, 0.3) is 0 Å². The third-order valence-electron chi connectivity index (χ3n) is 19.6. The molecule has 2 saturated carbocycles. The Hall–Kier alpha value is -6.87. The normalized spacial score (nSPS) is 25.2. The molecule has 2 aliphatic carbocycles. The standard InChI is InChI=1S/C64H80N12O7S/c1-38(2)59(63(80)75-36-47(77)26-54(75)62(79)68-39(3)42-9-11-43(12-10-42)60-40(4)67-37-84-60)56-30-57(71-83-56)73-23-18-64(19-24-73)31-41(32-64)33-72-21-16-48(17-22-72)81-49-27-50(28-49)82-58-25-44(15-20-66-58)76-45-13-14-46(76)35-74(34-45)53-29-52(69-70-61(53)65)51-7-5-6-8-55(51)78/h5-12,15,20,25,29-30,37-39,41,45-50,54,59,77-78H,13-14,16-19,21-24,26-28,31-36H2,1-4H3,(H2,65,70)(H,68,79)/t39-,45?,46?,47+,49?,50?,54-,59-/m0/s1. The Kier molecular flexibility index (Phi) is 15.8. The molecule has 7 aliphatic rings. The first-order chi connectivity index (χ1) is 40.7. The molecule has 5 aliphatic heterocycles. The van der Waals surface area contributed by atoms with Gasteiger partial charge in [0.1, 0.15) is 23.8 Å². The topological polar surface area (TPSA) is 225 Å². The number of aromatic hydroxyl groups is 1. The number of aryl methyl sites for hydroxylation is 1. The van der Waals surface area contributed by atoms with Crippen molar-refractivity contribution in [3.8, 4) is 33.3 Å². The van der Waals surface area contributed by atoms with Crippen LogP contribution in [0.2, 0.25) is 0 Å². The van der Waals surface area contributed by atoms with Gasteiger partial charge in [0.05, 0.1) is 51.8 Å². The second-order valence-electron chi connectivity index (χ2n) is 25.6. The number of aliphatic hydroxyl groups is 1. The third-order valence-corrected chi connectivity index (χ3v) is 20.6. The number of phenolic OH excluding ortho intramolecular Hbond substituents is 1. The van der Waals surface area contributed by atoms with Gasteiger partial charge >= 0.3 is 0 Å². The zero-order valence-corrected chi connectivity index (χ0v) is 49.6. The van der Waals surface area contributed by atoms with Crippen LogP contribution in [0.1, 0.15) is 120 Å². The molecule has 84 heavy (non-hydrogen) atoms. The number of nitrogen functional groups attached to an aromatic ring is 1. The number of nitrogens with zero attached hydrogens (tertiary/aromatic N) is 10. The van der Waals surface area contributed by atoms with Crippen molar-refractivity contribution in [1.82, 2.24) is 40.4 Å². The van der Waals surface area contributed by atoms with E-state index in [0.29, 0.717) is 52.3 Å². The number of rotatable bonds is 17. The number of thiazole rings is 1. The summed E-state index contributed by atoms with van der Waals surface area (Å²) >= 11 is 1.60. The van der Waals surface area contributed by atoms with Crippen molar-refractivity contribution < 1.29 is 33.8 Å². The van der Waals surface area contributed by atoms with Crippen LogP contribution in [0.15, 0.2) is 89.0 Å². The lowest BCUT2D eigenvalue weighted by Gasteiger charge is -2.53. The predicted molar refractivity (Wildman–Crippen MR) is 323 cm³/mol. The minimum absolute atomic E-state index is 0.0912. The smallest absolute Gasteiger partial charge is 0.243 e. The van der Waals surface area contributed by atoms with Crippen molar-refractivity contribution >= 4 is 46.2 Å². The van der Waals surface area contributed by atoms with Crippen LogP contribution in [0.5, 0.6) is 11.6 Å². The summed E-state index contributed by atoms with van der Waals surface area (Å²) in [6.07, 6.45) is 12.7. The molecule has 7 fully saturated rings. The van der Waals surface area contributed by atoms with Gasteiger partial charge in [0.15, 0.2) is 17.4 Å². The van der Waals surface area contributed by atoms with E-state index in [4.69, 9.17) is 19.7 Å². The number of para-hydroxylation sites is 1. The van der Waals surface area contributed by atoms with Crippen LogP contribution < -0.4 is 30.5 Å². The molecule has 20 heteroatoms. The van der Waals surface area contributed by atoms with E-state index in [0.717, 1.165) is 142 Å². The number of pyridine rings is 1. The average Bonchev–Trinajstić information content (AvgIpc) is 2.22. The van der Waals surface area contributed by atoms with Crippen molar-refractivity contribution in [1.29, 1.82) is 0 Å². The summed E-state index contributed by atoms with van der Waals surface area (Å²) in [5, 5.41) is 37.5. The maximum absolute atomic E-state index is 14.4. The SMILES string of the molecule is Cc1ncsc1-c1ccc([C@H](C)NC(=O)[C@@H]2C[C@@H](O)CN2C(=O)[C@H](c2cc(N3CCC4(CC3)CC(CN3CCC(OC5CC(Oc6cc(N7C8CCC7CN(c7cc(-c9ccccc9O)nnc7N)C8)ccn6)C5)CC3)C4)no2)C(C)C)cc1. The van der Waals surface area contributed by atoms with Crippen molar-refractivity contribution in [2.75, 3.05) is 72.8 Å². The Bertz CT molecular complexity index is 3280. The summed E-state index contributed by atoms with van der Waals surface area (Å²) in [5.74, 6) is 1.95. The highest BCUT2D eigenvalue weighted by Gasteiger charge is 2.48. The first kappa shape index (κ1) is 56.3. The quantitative estimate of drug-likeness (QED) is 0.0670. The predicted octanol–water partition coefficient (Wildman–Crippen LogP) is 8.77. The number of hydrogen-bond acceptors (Lipinski definition) is 18. The summed E-state index contributed by atoms with van der Waals surface area (Å²) in [4.78, 5) is 49.8. The highest BCUT2D eigenvalue weighted by atomic mass is 32.1. The van der Waals surface area contributed by atoms with Crippen molar-refractivity contribution in [2.24, 2.45) is 17.3 Å². The number of ether oxygens (including phenoxy) is 2. The van der Waals surface area contributed by atoms with Gasteiger partial charge in [0.2, 0.25) is 17.7 Å². The number of aromatic nitrogens is 5. The Labute approximate surface area is 495 Å². The number of nitrogens with two attached hydrogens (primary N) is 1. The van der Waals surface area contributed by atoms with Gasteiger partial charge in [-0.25, -0.2) is 9.97 Å². The zero-order chi connectivity index (χ0) is 57.8. The number of amides is 2. The van der Waals surface area contributed by atoms with Crippen LogP contribution in [0, 0.1) is 24.2 Å². The molecule has 5 saturated heterocycles. The van der Waals surface area contributed by atoms with Gasteiger partial charge in [-0.1, -0.05) is 55.4 Å². The van der Waals surface area contributed by atoms with E-state index < -0.39 is 18.1 Å². The molecule has 0 radical (unpaired) electrons. The number of benzene rings is 2. The van der Waals surface area contributed by atoms with Crippen LogP contribution in [-0.4, -0.2) is 152 Å². The molecule has 9 heterocycles. The number of carbonyl (C=O) groups excluding carboxylic acids is 2. The molecule has 444 valence electrons. The Morgan fingerprint density at radius 3 is 2.32 bits per heavy atom. The molecule has 13 rings (SSSR count). The van der Waals surface area contributed by atoms with Gasteiger partial charge in [-0.05, 0) is 118 Å². The summed E-state index contributed by atoms with van der Waals surface area (Å²) in [6, 6.07) is 22.9. The maximum Gasteiger partial charge on any atom is 0.243 e. The minimum Gasteiger partial charge on any atom is -0.507 e. The van der Waals surface area contributed by atoms with Crippen LogP contribution >= 0.6 is 11.3 Å². The molecule has 6 atom stereocenters. The number of anilines is 4. The summed E-state index contributed by atoms with van der Waals surface area (Å²) in [5.41, 5.74) is 14.9. The van der Waals surface area contributed by atoms with Crippen LogP contribution in [0.4, 0.5) is 23.0 Å². The number of hydrogen-bond donors (Lipinski definition) is 4. The van der Waals surface area contributed by atoms with E-state index in [1.807, 2.05) is 87.9 Å². The third kappa shape index (κ3) is 11.5. The van der Waals surface area contributed by atoms with Gasteiger partial charge < -0.3 is 59.8 Å². The number of piperidine rings is 2. The van der Waals surface area contributed by atoms with E-state index in [9.17, 15) is 19.8 Å². The number of phenols is 1. The first-order valence-corrected chi connectivity index (χ1v) is 31.5. The molecule has 4 aromatic heterocycles. The Morgan fingerprint density at radius 2 is 1.61 bits per heavy atom. The van der Waals surface area contributed by atoms with Crippen LogP contribution in [0.25, 0.3) is 21.7 Å². The van der Waals surface area contributed by atoms with Gasteiger partial charge in [-0.15, -0.1) is 21.5 Å². The molecule has 2 bridgehead atoms. The number of likely N-dealkylation sites (tertiary alicyclic amines) is 2. The van der Waals surface area contributed by atoms with E-state index in [-0.39, 0.29) is 54.7 Å². The molecule has 19 nitrogen and oxygen atoms in total. The molecular formula is C64H80N12O7S. The van der Waals surface area contributed by atoms with Gasteiger partial charge in [0, 0.05) is 113 Å². The molecule has 2 unspecified atom stereocenters. The lowest BCUT2D eigenvalue weighted by atomic mass is 9.57. The molecule has 2 aromatic carbocycles. The van der Waals surface area contributed by atoms with E-state index in [1.54, 1.807) is 28.4 Å². The number of fused-ring (bicyclic) bond motifs is 2. The molecule has 2 amide bonds. The van der Waals surface area contributed by atoms with Crippen molar-refractivity contribution in [3.05, 3.63) is 102 Å². The maximum atomic E-state index is 14.4. The van der Waals surface area contributed by atoms with Crippen LogP contribution in [0.3, 0.4) is 0 Å². The summed E-state index contributed by atoms with van der Waals surface area (Å²) < 4.78 is 19.1. The zero-order valence-electron chi connectivity index (χ0n) is 48.8. The van der Waals surface area contributed by atoms with Crippen LogP contribution in [-0.2, 0) is 14.3 Å². The Balaban J connectivity index is 0.524. The number of nitrogens with one attached hydrogen (secondary N) is 1. The van der Waals surface area contributed by atoms with Crippen molar-refractivity contribution in [2.45, 2.75) is 153 Å². The number of piperazine rings is 1. The minimum atomic E-state index is -0.797. The second kappa shape index (κ2) is 23.5. The van der Waals surface area contributed by atoms with Gasteiger partial charge in [-0.2, -0.15) is 0 Å². The van der Waals surface area contributed by atoms with E-state index in [1.165, 1.54) is 12.8 Å². The van der Waals surface area contributed by atoms with Gasteiger partial charge in [-0.3, -0.25) is 9.59 Å². The lowest BCUT2D eigenvalue weighted by Crippen LogP contribution is -2.54. The fourth-order valence-electron chi connectivity index (χ4n) is 15.0. The first-order valence-electron chi connectivity index (χ1n) is 30.7. The largest absolute Gasteiger partial charge is 0.507 e. The highest BCUT2D eigenvalue weighted by molar-refractivity contribution is 7.13. The molecule has 5 N–H and O–H groups in total. The summed E-state index contributed by atoms with van der Waals surface area (Å²) in [6.45, 7) is 14.7. The number of carbonyl (C=O) groups is 2.